The highest BCUT2D eigenvalue weighted by atomic mass is 19.1. The van der Waals surface area contributed by atoms with E-state index in [1.807, 2.05) is 12.1 Å². The van der Waals surface area contributed by atoms with E-state index in [1.165, 1.54) is 21.3 Å². The summed E-state index contributed by atoms with van der Waals surface area (Å²) in [5.41, 5.74) is 1.84. The molecule has 8 heteroatoms. The average molecular weight is 384 g/mol. The zero-order valence-corrected chi connectivity index (χ0v) is 15.7. The monoisotopic (exact) mass is 384 g/mol. The van der Waals surface area contributed by atoms with Gasteiger partial charge in [0.05, 0.1) is 11.0 Å². The van der Waals surface area contributed by atoms with Crippen LogP contribution in [-0.2, 0) is 18.4 Å². The van der Waals surface area contributed by atoms with Crippen LogP contribution in [0.2, 0.25) is 0 Å². The van der Waals surface area contributed by atoms with Crippen molar-refractivity contribution in [2.45, 2.75) is 13.5 Å². The summed E-state index contributed by atoms with van der Waals surface area (Å²) in [6, 6.07) is 11.5. The van der Waals surface area contributed by atoms with Crippen molar-refractivity contribution in [3.8, 4) is 0 Å². The Bertz CT molecular complexity index is 1100. The second-order valence-electron chi connectivity index (χ2n) is 6.49. The number of halogens is 1. The molecule has 3 aromatic rings. The summed E-state index contributed by atoms with van der Waals surface area (Å²) in [5.74, 6) is -1.20. The lowest BCUT2D eigenvalue weighted by atomic mass is 10.1. The van der Waals surface area contributed by atoms with Gasteiger partial charge in [0.15, 0.2) is 0 Å². The molecule has 0 spiro atoms. The Kier molecular flexibility index (Phi) is 5.58. The first-order chi connectivity index (χ1) is 13.4. The minimum absolute atomic E-state index is 0.114. The SMILES string of the molecule is Cc1ccc(C(=O)NCCNC(=O)Cn2c(=O)n(C)c3ccccc32)cc1F. The van der Waals surface area contributed by atoms with Crippen molar-refractivity contribution in [3.05, 3.63) is 69.9 Å². The smallest absolute Gasteiger partial charge is 0.329 e. The maximum Gasteiger partial charge on any atom is 0.329 e. The predicted molar refractivity (Wildman–Crippen MR) is 104 cm³/mol. The standard InChI is InChI=1S/C20H21FN4O3/c1-13-7-8-14(11-15(13)21)19(27)23-10-9-22-18(26)12-25-17-6-4-3-5-16(17)24(2)20(25)28/h3-8,11H,9-10,12H2,1-2H3,(H,22,26)(H,23,27). The molecular formula is C20H21FN4O3. The van der Waals surface area contributed by atoms with E-state index in [0.717, 1.165) is 5.52 Å². The molecule has 1 aromatic heterocycles. The molecular weight excluding hydrogens is 363 g/mol. The zero-order valence-electron chi connectivity index (χ0n) is 15.7. The van der Waals surface area contributed by atoms with Gasteiger partial charge in [0.2, 0.25) is 5.91 Å². The Hall–Kier alpha value is -3.42. The first-order valence-corrected chi connectivity index (χ1v) is 8.84. The lowest BCUT2D eigenvalue weighted by Gasteiger charge is -2.08. The zero-order chi connectivity index (χ0) is 20.3. The number of aryl methyl sites for hydroxylation is 2. The van der Waals surface area contributed by atoms with Crippen molar-refractivity contribution in [1.29, 1.82) is 0 Å². The van der Waals surface area contributed by atoms with Gasteiger partial charge in [0.1, 0.15) is 12.4 Å². The van der Waals surface area contributed by atoms with Gasteiger partial charge in [0.25, 0.3) is 5.91 Å². The number of hydrogen-bond acceptors (Lipinski definition) is 3. The quantitative estimate of drug-likeness (QED) is 0.629. The van der Waals surface area contributed by atoms with Crippen molar-refractivity contribution in [1.82, 2.24) is 19.8 Å². The van der Waals surface area contributed by atoms with Crippen LogP contribution in [0.1, 0.15) is 15.9 Å². The summed E-state index contributed by atoms with van der Waals surface area (Å²) in [6.07, 6.45) is 0. The van der Waals surface area contributed by atoms with Crippen LogP contribution in [-0.4, -0.2) is 34.0 Å². The van der Waals surface area contributed by atoms with Crippen LogP contribution in [0, 0.1) is 12.7 Å². The van der Waals surface area contributed by atoms with Crippen LogP contribution < -0.4 is 16.3 Å². The molecule has 0 bridgehead atoms. The molecule has 0 saturated heterocycles. The van der Waals surface area contributed by atoms with E-state index >= 15 is 0 Å². The first-order valence-electron chi connectivity index (χ1n) is 8.84. The van der Waals surface area contributed by atoms with E-state index in [4.69, 9.17) is 0 Å². The Morgan fingerprint density at radius 1 is 1.04 bits per heavy atom. The van der Waals surface area contributed by atoms with Crippen LogP contribution in [0.3, 0.4) is 0 Å². The number of para-hydroxylation sites is 2. The summed E-state index contributed by atoms with van der Waals surface area (Å²) in [5, 5.41) is 5.28. The van der Waals surface area contributed by atoms with E-state index in [-0.39, 0.29) is 36.8 Å². The number of nitrogens with one attached hydrogen (secondary N) is 2. The highest BCUT2D eigenvalue weighted by Gasteiger charge is 2.13. The Balaban J connectivity index is 1.53. The third-order valence-electron chi connectivity index (χ3n) is 4.52. The van der Waals surface area contributed by atoms with E-state index in [9.17, 15) is 18.8 Å². The normalized spacial score (nSPS) is 10.8. The molecule has 2 aromatic carbocycles. The van der Waals surface area contributed by atoms with Gasteiger partial charge in [-0.15, -0.1) is 0 Å². The number of hydrogen-bond donors (Lipinski definition) is 2. The van der Waals surface area contributed by atoms with E-state index in [0.29, 0.717) is 11.1 Å². The Morgan fingerprint density at radius 3 is 2.43 bits per heavy atom. The minimum Gasteiger partial charge on any atom is -0.353 e. The number of nitrogens with zero attached hydrogens (tertiary/aromatic N) is 2. The minimum atomic E-state index is -0.443. The van der Waals surface area contributed by atoms with Crippen molar-refractivity contribution in [2.75, 3.05) is 13.1 Å². The molecule has 0 saturated carbocycles. The number of carbonyl (C=O) groups excluding carboxylic acids is 2. The Morgan fingerprint density at radius 2 is 1.71 bits per heavy atom. The van der Waals surface area contributed by atoms with Crippen LogP contribution in [0.5, 0.6) is 0 Å². The largest absolute Gasteiger partial charge is 0.353 e. The van der Waals surface area contributed by atoms with Gasteiger partial charge in [-0.3, -0.25) is 18.7 Å². The number of amides is 2. The van der Waals surface area contributed by atoms with Crippen LogP contribution in [0.4, 0.5) is 4.39 Å². The summed E-state index contributed by atoms with van der Waals surface area (Å²) in [7, 11) is 1.66. The molecule has 2 amide bonds. The van der Waals surface area contributed by atoms with Gasteiger partial charge < -0.3 is 10.6 Å². The molecule has 146 valence electrons. The molecule has 0 aliphatic rings. The molecule has 0 fully saturated rings. The van der Waals surface area contributed by atoms with E-state index < -0.39 is 11.7 Å². The fraction of sp³-hybridized carbons (Fsp3) is 0.250. The molecule has 28 heavy (non-hydrogen) atoms. The lowest BCUT2D eigenvalue weighted by molar-refractivity contribution is -0.121. The fourth-order valence-electron chi connectivity index (χ4n) is 2.93. The lowest BCUT2D eigenvalue weighted by Crippen LogP contribution is -2.37. The third kappa shape index (κ3) is 3.95. The average Bonchev–Trinajstić information content (AvgIpc) is 2.92. The number of aromatic nitrogens is 2. The van der Waals surface area contributed by atoms with Crippen LogP contribution in [0.25, 0.3) is 11.0 Å². The highest BCUT2D eigenvalue weighted by Crippen LogP contribution is 2.11. The van der Waals surface area contributed by atoms with Gasteiger partial charge in [-0.1, -0.05) is 18.2 Å². The summed E-state index contributed by atoms with van der Waals surface area (Å²) < 4.78 is 16.4. The molecule has 0 atom stereocenters. The highest BCUT2D eigenvalue weighted by molar-refractivity contribution is 5.94. The topological polar surface area (TPSA) is 85.1 Å². The van der Waals surface area contributed by atoms with Gasteiger partial charge >= 0.3 is 5.69 Å². The summed E-state index contributed by atoms with van der Waals surface area (Å²) in [4.78, 5) is 36.5. The third-order valence-corrected chi connectivity index (χ3v) is 4.52. The number of carbonyl (C=O) groups is 2. The molecule has 0 aliphatic carbocycles. The second kappa shape index (κ2) is 8.08. The molecule has 1 heterocycles. The van der Waals surface area contributed by atoms with Gasteiger partial charge in [-0.05, 0) is 36.8 Å². The van der Waals surface area contributed by atoms with Crippen molar-refractivity contribution in [3.63, 3.8) is 0 Å². The van der Waals surface area contributed by atoms with Crippen molar-refractivity contribution in [2.24, 2.45) is 7.05 Å². The van der Waals surface area contributed by atoms with Gasteiger partial charge in [-0.25, -0.2) is 9.18 Å². The van der Waals surface area contributed by atoms with Gasteiger partial charge in [-0.2, -0.15) is 0 Å². The van der Waals surface area contributed by atoms with Gasteiger partial charge in [0, 0.05) is 25.7 Å². The van der Waals surface area contributed by atoms with E-state index in [2.05, 4.69) is 10.6 Å². The molecule has 3 rings (SSSR count). The molecule has 0 radical (unpaired) electrons. The molecule has 2 N–H and O–H groups in total. The van der Waals surface area contributed by atoms with E-state index in [1.54, 1.807) is 32.2 Å². The van der Waals surface area contributed by atoms with Crippen LogP contribution >= 0.6 is 0 Å². The number of fused-ring (bicyclic) bond motifs is 1. The van der Waals surface area contributed by atoms with Crippen molar-refractivity contribution >= 4 is 22.8 Å². The summed E-state index contributed by atoms with van der Waals surface area (Å²) in [6.45, 7) is 1.88. The fourth-order valence-corrected chi connectivity index (χ4v) is 2.93. The summed E-state index contributed by atoms with van der Waals surface area (Å²) >= 11 is 0. The number of benzene rings is 2. The predicted octanol–water partition coefficient (Wildman–Crippen LogP) is 1.33. The molecule has 0 aliphatic heterocycles. The molecule has 7 nitrogen and oxygen atoms in total. The number of imidazole rings is 1. The second-order valence-corrected chi connectivity index (χ2v) is 6.49. The molecule has 0 unspecified atom stereocenters. The maximum atomic E-state index is 13.5. The van der Waals surface area contributed by atoms with Crippen LogP contribution in [0.15, 0.2) is 47.3 Å². The number of rotatable bonds is 6. The van der Waals surface area contributed by atoms with Crippen molar-refractivity contribution < 1.29 is 14.0 Å². The Labute approximate surface area is 160 Å². The maximum absolute atomic E-state index is 13.5. The first kappa shape index (κ1) is 19.3.